The van der Waals surface area contributed by atoms with E-state index in [0.717, 1.165) is 17.6 Å². The monoisotopic (exact) mass is 384 g/mol. The van der Waals surface area contributed by atoms with Gasteiger partial charge in [-0.15, -0.1) is 0 Å². The van der Waals surface area contributed by atoms with Crippen LogP contribution in [-0.2, 0) is 4.79 Å². The molecular weight excluding hydrogens is 352 g/mol. The first-order valence-corrected chi connectivity index (χ1v) is 9.79. The highest BCUT2D eigenvalue weighted by Gasteiger charge is 2.33. The van der Waals surface area contributed by atoms with Crippen molar-refractivity contribution in [2.24, 2.45) is 17.3 Å². The van der Waals surface area contributed by atoms with E-state index in [4.69, 9.17) is 9.47 Å². The van der Waals surface area contributed by atoms with E-state index in [2.05, 4.69) is 19.9 Å². The molecule has 0 aromatic heterocycles. The summed E-state index contributed by atoms with van der Waals surface area (Å²) in [6.45, 7) is 10.1. The fraction of sp³-hybridized carbons (Fsp3) is 0.500. The number of ketones is 2. The number of carbonyl (C=O) groups is 2. The Morgan fingerprint density at radius 1 is 1.11 bits per heavy atom. The van der Waals surface area contributed by atoms with E-state index in [1.54, 1.807) is 32.4 Å². The maximum Gasteiger partial charge on any atom is 0.166 e. The van der Waals surface area contributed by atoms with Gasteiger partial charge in [0, 0.05) is 23.5 Å². The number of hydrogen-bond acceptors (Lipinski definition) is 4. The van der Waals surface area contributed by atoms with E-state index in [9.17, 15) is 9.59 Å². The summed E-state index contributed by atoms with van der Waals surface area (Å²) in [6.07, 6.45) is 5.38. The number of methoxy groups -OCH3 is 2. The Labute approximate surface area is 168 Å². The van der Waals surface area contributed by atoms with Crippen molar-refractivity contribution in [1.82, 2.24) is 0 Å². The molecule has 0 spiro atoms. The SMILES string of the molecule is COc1ccc(C(=O)C(C)C(C)CC(=O)C2=C(C)C=CCC2(C)C)cc1OC. The number of Topliss-reactive ketones (excluding diaryl/α,β-unsaturated/α-hetero) is 2. The summed E-state index contributed by atoms with van der Waals surface area (Å²) in [5.74, 6) is 0.937. The summed E-state index contributed by atoms with van der Waals surface area (Å²) in [5, 5.41) is 0. The van der Waals surface area contributed by atoms with E-state index in [-0.39, 0.29) is 28.8 Å². The van der Waals surface area contributed by atoms with Crippen LogP contribution in [0.1, 0.15) is 57.8 Å². The first kappa shape index (κ1) is 21.9. The van der Waals surface area contributed by atoms with Crippen molar-refractivity contribution in [2.75, 3.05) is 14.2 Å². The number of ether oxygens (including phenoxy) is 2. The van der Waals surface area contributed by atoms with Crippen LogP contribution in [-0.4, -0.2) is 25.8 Å². The van der Waals surface area contributed by atoms with Crippen LogP contribution in [0.3, 0.4) is 0 Å². The lowest BCUT2D eigenvalue weighted by atomic mass is 9.72. The average Bonchev–Trinajstić information content (AvgIpc) is 2.65. The quantitative estimate of drug-likeness (QED) is 0.562. The lowest BCUT2D eigenvalue weighted by molar-refractivity contribution is -0.117. The molecule has 0 fully saturated rings. The minimum atomic E-state index is -0.273. The Kier molecular flexibility index (Phi) is 6.87. The Balaban J connectivity index is 2.16. The number of hydrogen-bond donors (Lipinski definition) is 0. The lowest BCUT2D eigenvalue weighted by Gasteiger charge is -2.31. The third kappa shape index (κ3) is 4.54. The number of carbonyl (C=O) groups excluding carboxylic acids is 2. The highest BCUT2D eigenvalue weighted by molar-refractivity contribution is 6.00. The van der Waals surface area contributed by atoms with Crippen LogP contribution in [0.25, 0.3) is 0 Å². The molecule has 1 aromatic carbocycles. The molecule has 152 valence electrons. The average molecular weight is 385 g/mol. The molecule has 1 aliphatic rings. The zero-order valence-corrected chi connectivity index (χ0v) is 18.1. The molecule has 0 saturated heterocycles. The van der Waals surface area contributed by atoms with Gasteiger partial charge in [-0.1, -0.05) is 39.8 Å². The topological polar surface area (TPSA) is 52.6 Å². The largest absolute Gasteiger partial charge is 0.493 e. The van der Waals surface area contributed by atoms with Crippen LogP contribution in [0.15, 0.2) is 41.5 Å². The molecule has 4 nitrogen and oxygen atoms in total. The van der Waals surface area contributed by atoms with Gasteiger partial charge in [0.15, 0.2) is 23.1 Å². The van der Waals surface area contributed by atoms with Crippen LogP contribution in [0, 0.1) is 17.3 Å². The van der Waals surface area contributed by atoms with E-state index in [0.29, 0.717) is 23.5 Å². The van der Waals surface area contributed by atoms with Gasteiger partial charge in [0.05, 0.1) is 14.2 Å². The molecule has 0 heterocycles. The van der Waals surface area contributed by atoms with E-state index in [1.165, 1.54) is 0 Å². The highest BCUT2D eigenvalue weighted by Crippen LogP contribution is 2.39. The minimum Gasteiger partial charge on any atom is -0.493 e. The lowest BCUT2D eigenvalue weighted by Crippen LogP contribution is -2.28. The Hall–Kier alpha value is -2.36. The Morgan fingerprint density at radius 2 is 1.75 bits per heavy atom. The fourth-order valence-electron chi connectivity index (χ4n) is 3.93. The van der Waals surface area contributed by atoms with Crippen molar-refractivity contribution in [3.05, 3.63) is 47.1 Å². The Bertz CT molecular complexity index is 814. The van der Waals surface area contributed by atoms with Crippen LogP contribution in [0.2, 0.25) is 0 Å². The molecule has 0 bridgehead atoms. The van der Waals surface area contributed by atoms with Crippen molar-refractivity contribution >= 4 is 11.6 Å². The maximum atomic E-state index is 13.0. The zero-order chi connectivity index (χ0) is 21.1. The molecule has 2 unspecified atom stereocenters. The molecule has 0 saturated carbocycles. The van der Waals surface area contributed by atoms with Gasteiger partial charge >= 0.3 is 0 Å². The van der Waals surface area contributed by atoms with E-state index in [1.807, 2.05) is 26.8 Å². The molecule has 0 N–H and O–H groups in total. The summed E-state index contributed by atoms with van der Waals surface area (Å²) >= 11 is 0. The van der Waals surface area contributed by atoms with Crippen LogP contribution in [0.4, 0.5) is 0 Å². The minimum absolute atomic E-state index is 0.00903. The molecule has 0 radical (unpaired) electrons. The molecule has 2 rings (SSSR count). The summed E-state index contributed by atoms with van der Waals surface area (Å²) in [4.78, 5) is 26.0. The number of benzene rings is 1. The van der Waals surface area contributed by atoms with Crippen molar-refractivity contribution in [1.29, 1.82) is 0 Å². The van der Waals surface area contributed by atoms with Crippen LogP contribution >= 0.6 is 0 Å². The standard InChI is InChI=1S/C24H32O4/c1-15-9-8-12-24(4,5)22(15)19(25)13-16(2)17(3)23(26)18-10-11-20(27-6)21(14-18)28-7/h8-11,14,16-17H,12-13H2,1-7H3. The normalized spacial score (nSPS) is 17.8. The highest BCUT2D eigenvalue weighted by atomic mass is 16.5. The summed E-state index contributed by atoms with van der Waals surface area (Å²) < 4.78 is 10.5. The van der Waals surface area contributed by atoms with Gasteiger partial charge in [0.2, 0.25) is 0 Å². The molecule has 2 atom stereocenters. The third-order valence-electron chi connectivity index (χ3n) is 5.79. The smallest absolute Gasteiger partial charge is 0.166 e. The first-order valence-electron chi connectivity index (χ1n) is 9.79. The third-order valence-corrected chi connectivity index (χ3v) is 5.79. The van der Waals surface area contributed by atoms with Gasteiger partial charge in [-0.05, 0) is 48.4 Å². The molecule has 1 aliphatic carbocycles. The second-order valence-corrected chi connectivity index (χ2v) is 8.38. The van der Waals surface area contributed by atoms with Crippen molar-refractivity contribution in [2.45, 2.75) is 47.5 Å². The second-order valence-electron chi connectivity index (χ2n) is 8.38. The molecule has 0 amide bonds. The van der Waals surface area contributed by atoms with E-state index >= 15 is 0 Å². The van der Waals surface area contributed by atoms with Gasteiger partial charge in [-0.2, -0.15) is 0 Å². The van der Waals surface area contributed by atoms with Gasteiger partial charge in [0.25, 0.3) is 0 Å². The first-order chi connectivity index (χ1) is 13.1. The van der Waals surface area contributed by atoms with Crippen LogP contribution < -0.4 is 9.47 Å². The molecule has 0 aliphatic heterocycles. The van der Waals surface area contributed by atoms with Gasteiger partial charge in [0.1, 0.15) is 0 Å². The molecular formula is C24H32O4. The number of allylic oxidation sites excluding steroid dienone is 4. The van der Waals surface area contributed by atoms with Crippen molar-refractivity contribution in [3.63, 3.8) is 0 Å². The predicted octanol–water partition coefficient (Wildman–Crippen LogP) is 5.42. The van der Waals surface area contributed by atoms with Gasteiger partial charge in [-0.3, -0.25) is 9.59 Å². The van der Waals surface area contributed by atoms with E-state index < -0.39 is 0 Å². The van der Waals surface area contributed by atoms with Gasteiger partial charge in [-0.25, -0.2) is 0 Å². The van der Waals surface area contributed by atoms with Crippen molar-refractivity contribution in [3.8, 4) is 11.5 Å². The summed E-state index contributed by atoms with van der Waals surface area (Å²) in [6, 6.07) is 5.18. The van der Waals surface area contributed by atoms with Crippen molar-refractivity contribution < 1.29 is 19.1 Å². The second kappa shape index (κ2) is 8.76. The fourth-order valence-corrected chi connectivity index (χ4v) is 3.93. The maximum absolute atomic E-state index is 13.0. The number of rotatable bonds is 8. The van der Waals surface area contributed by atoms with Gasteiger partial charge < -0.3 is 9.47 Å². The Morgan fingerprint density at radius 3 is 2.32 bits per heavy atom. The zero-order valence-electron chi connectivity index (χ0n) is 18.1. The predicted molar refractivity (Wildman–Crippen MR) is 112 cm³/mol. The summed E-state index contributed by atoms with van der Waals surface area (Å²) in [5.41, 5.74) is 2.34. The molecule has 4 heteroatoms. The molecule has 1 aromatic rings. The molecule has 28 heavy (non-hydrogen) atoms. The van der Waals surface area contributed by atoms with Crippen LogP contribution in [0.5, 0.6) is 11.5 Å². The summed E-state index contributed by atoms with van der Waals surface area (Å²) in [7, 11) is 3.11.